The minimum atomic E-state index is -0.388. The molecule has 2 saturated heterocycles. The number of urea groups is 1. The predicted molar refractivity (Wildman–Crippen MR) is 112 cm³/mol. The van der Waals surface area contributed by atoms with Crippen molar-refractivity contribution in [1.29, 1.82) is 0 Å². The van der Waals surface area contributed by atoms with Gasteiger partial charge in [-0.05, 0) is 42.3 Å². The van der Waals surface area contributed by atoms with Crippen LogP contribution in [0.5, 0.6) is 0 Å². The average Bonchev–Trinajstić information content (AvgIpc) is 3.22. The summed E-state index contributed by atoms with van der Waals surface area (Å²) in [7, 11) is 0. The van der Waals surface area contributed by atoms with Crippen molar-refractivity contribution < 1.29 is 18.4 Å². The topological polar surface area (TPSA) is 55.9 Å². The van der Waals surface area contributed by atoms with E-state index in [2.05, 4.69) is 15.1 Å². The van der Waals surface area contributed by atoms with Crippen LogP contribution in [0.3, 0.4) is 0 Å². The molecule has 0 aliphatic carbocycles. The standard InChI is InChI=1S/C23H26F2N4O2/c1-16(22(30)29-11-10-26-23(29)31)27-12-14-28(15-13-27)21(17-2-6-19(24)7-3-17)18-4-8-20(25)9-5-18/h2-9,16,21H,10-15H2,1H3,(H,26,31). The van der Waals surface area contributed by atoms with E-state index in [1.807, 2.05) is 6.92 Å². The highest BCUT2D eigenvalue weighted by atomic mass is 19.1. The molecular weight excluding hydrogens is 402 g/mol. The molecule has 4 rings (SSSR count). The first kappa shape index (κ1) is 21.4. The summed E-state index contributed by atoms with van der Waals surface area (Å²) >= 11 is 0. The van der Waals surface area contributed by atoms with Gasteiger partial charge in [-0.3, -0.25) is 19.5 Å². The van der Waals surface area contributed by atoms with Crippen molar-refractivity contribution in [3.8, 4) is 0 Å². The zero-order valence-electron chi connectivity index (χ0n) is 17.4. The Hall–Kier alpha value is -2.84. The normalized spacial score (nSPS) is 19.0. The Morgan fingerprint density at radius 3 is 1.77 bits per heavy atom. The molecule has 2 fully saturated rings. The van der Waals surface area contributed by atoms with Gasteiger partial charge in [-0.15, -0.1) is 0 Å². The van der Waals surface area contributed by atoms with Crippen molar-refractivity contribution in [2.24, 2.45) is 0 Å². The van der Waals surface area contributed by atoms with E-state index in [-0.39, 0.29) is 35.7 Å². The number of nitrogens with zero attached hydrogens (tertiary/aromatic N) is 3. The van der Waals surface area contributed by atoms with Crippen LogP contribution in [0.15, 0.2) is 48.5 Å². The Morgan fingerprint density at radius 1 is 0.839 bits per heavy atom. The number of hydrogen-bond donors (Lipinski definition) is 1. The number of carbonyl (C=O) groups excluding carboxylic acids is 2. The second-order valence-electron chi connectivity index (χ2n) is 7.98. The summed E-state index contributed by atoms with van der Waals surface area (Å²) in [6.45, 7) is 5.40. The second kappa shape index (κ2) is 9.11. The Morgan fingerprint density at radius 2 is 1.32 bits per heavy atom. The molecule has 2 aliphatic rings. The van der Waals surface area contributed by atoms with Gasteiger partial charge in [-0.2, -0.15) is 0 Å². The van der Waals surface area contributed by atoms with Crippen molar-refractivity contribution in [3.63, 3.8) is 0 Å². The van der Waals surface area contributed by atoms with Gasteiger partial charge in [0.25, 0.3) is 0 Å². The zero-order valence-corrected chi connectivity index (χ0v) is 17.4. The Balaban J connectivity index is 1.48. The number of benzene rings is 2. The first-order valence-electron chi connectivity index (χ1n) is 10.5. The fraction of sp³-hybridized carbons (Fsp3) is 0.391. The number of nitrogens with one attached hydrogen (secondary N) is 1. The lowest BCUT2D eigenvalue weighted by Gasteiger charge is -2.41. The maximum absolute atomic E-state index is 13.5. The van der Waals surface area contributed by atoms with Gasteiger partial charge in [0.05, 0.1) is 12.1 Å². The van der Waals surface area contributed by atoms with Gasteiger partial charge in [0, 0.05) is 39.3 Å². The molecule has 31 heavy (non-hydrogen) atoms. The van der Waals surface area contributed by atoms with Gasteiger partial charge in [-0.1, -0.05) is 24.3 Å². The van der Waals surface area contributed by atoms with Crippen LogP contribution in [-0.4, -0.2) is 71.9 Å². The lowest BCUT2D eigenvalue weighted by Crippen LogP contribution is -2.55. The number of piperazine rings is 1. The molecule has 2 aromatic carbocycles. The van der Waals surface area contributed by atoms with Crippen LogP contribution >= 0.6 is 0 Å². The second-order valence-corrected chi connectivity index (χ2v) is 7.98. The molecule has 1 unspecified atom stereocenters. The number of amides is 3. The monoisotopic (exact) mass is 428 g/mol. The molecule has 2 aromatic rings. The first-order chi connectivity index (χ1) is 14.9. The van der Waals surface area contributed by atoms with E-state index in [1.54, 1.807) is 24.3 Å². The predicted octanol–water partition coefficient (Wildman–Crippen LogP) is 2.61. The fourth-order valence-corrected chi connectivity index (χ4v) is 4.35. The SMILES string of the molecule is CC(C(=O)N1CCNC1=O)N1CCN(C(c2ccc(F)cc2)c2ccc(F)cc2)CC1. The number of imide groups is 1. The number of halogens is 2. The molecule has 0 aromatic heterocycles. The van der Waals surface area contributed by atoms with Gasteiger partial charge < -0.3 is 5.32 Å². The molecule has 0 radical (unpaired) electrons. The van der Waals surface area contributed by atoms with E-state index in [4.69, 9.17) is 0 Å². The van der Waals surface area contributed by atoms with E-state index in [0.29, 0.717) is 39.3 Å². The van der Waals surface area contributed by atoms with E-state index in [1.165, 1.54) is 29.2 Å². The van der Waals surface area contributed by atoms with Crippen molar-refractivity contribution >= 4 is 11.9 Å². The van der Waals surface area contributed by atoms with Crippen molar-refractivity contribution in [3.05, 3.63) is 71.3 Å². The van der Waals surface area contributed by atoms with Crippen molar-refractivity contribution in [2.45, 2.75) is 19.0 Å². The van der Waals surface area contributed by atoms with E-state index in [9.17, 15) is 18.4 Å². The summed E-state index contributed by atoms with van der Waals surface area (Å²) in [5.41, 5.74) is 1.86. The van der Waals surface area contributed by atoms with Gasteiger partial charge in [0.15, 0.2) is 0 Å². The summed E-state index contributed by atoms with van der Waals surface area (Å²) in [4.78, 5) is 30.2. The van der Waals surface area contributed by atoms with E-state index >= 15 is 0 Å². The molecule has 3 amide bonds. The lowest BCUT2D eigenvalue weighted by atomic mass is 9.96. The van der Waals surface area contributed by atoms with Crippen LogP contribution in [0.4, 0.5) is 13.6 Å². The minimum absolute atomic E-state index is 0.140. The largest absolute Gasteiger partial charge is 0.336 e. The Kier molecular flexibility index (Phi) is 6.29. The summed E-state index contributed by atoms with van der Waals surface area (Å²) < 4.78 is 27.0. The molecular formula is C23H26F2N4O2. The van der Waals surface area contributed by atoms with Crippen LogP contribution in [0.25, 0.3) is 0 Å². The lowest BCUT2D eigenvalue weighted by molar-refractivity contribution is -0.133. The maximum atomic E-state index is 13.5. The fourth-order valence-electron chi connectivity index (χ4n) is 4.35. The summed E-state index contributed by atoms with van der Waals surface area (Å²) in [6.07, 6.45) is 0. The van der Waals surface area contributed by atoms with Crippen molar-refractivity contribution in [2.75, 3.05) is 39.3 Å². The maximum Gasteiger partial charge on any atom is 0.324 e. The minimum Gasteiger partial charge on any atom is -0.336 e. The average molecular weight is 428 g/mol. The molecule has 1 atom stereocenters. The van der Waals surface area contributed by atoms with Crippen LogP contribution in [0, 0.1) is 11.6 Å². The summed E-state index contributed by atoms with van der Waals surface area (Å²) in [5.74, 6) is -0.786. The molecule has 0 saturated carbocycles. The van der Waals surface area contributed by atoms with E-state index < -0.39 is 0 Å². The summed E-state index contributed by atoms with van der Waals surface area (Å²) in [5, 5.41) is 2.66. The Labute approximate surface area is 180 Å². The molecule has 0 bridgehead atoms. The third kappa shape index (κ3) is 4.60. The molecule has 164 valence electrons. The van der Waals surface area contributed by atoms with Crippen LogP contribution in [-0.2, 0) is 4.79 Å². The molecule has 8 heteroatoms. The first-order valence-corrected chi connectivity index (χ1v) is 10.5. The third-order valence-corrected chi connectivity index (χ3v) is 6.11. The van der Waals surface area contributed by atoms with Gasteiger partial charge in [0.2, 0.25) is 5.91 Å². The smallest absolute Gasteiger partial charge is 0.324 e. The van der Waals surface area contributed by atoms with E-state index in [0.717, 1.165) is 11.1 Å². The zero-order chi connectivity index (χ0) is 22.0. The molecule has 0 spiro atoms. The Bertz CT molecular complexity index is 882. The quantitative estimate of drug-likeness (QED) is 0.796. The van der Waals surface area contributed by atoms with Crippen LogP contribution in [0.2, 0.25) is 0 Å². The molecule has 1 N–H and O–H groups in total. The molecule has 2 heterocycles. The van der Waals surface area contributed by atoms with Crippen LogP contribution in [0.1, 0.15) is 24.1 Å². The highest BCUT2D eigenvalue weighted by molar-refractivity contribution is 5.98. The molecule has 6 nitrogen and oxygen atoms in total. The summed E-state index contributed by atoms with van der Waals surface area (Å²) in [6, 6.07) is 11.9. The highest BCUT2D eigenvalue weighted by Crippen LogP contribution is 2.30. The third-order valence-electron chi connectivity index (χ3n) is 6.11. The highest BCUT2D eigenvalue weighted by Gasteiger charge is 2.35. The molecule has 2 aliphatic heterocycles. The number of carbonyl (C=O) groups is 2. The van der Waals surface area contributed by atoms with Crippen molar-refractivity contribution in [1.82, 2.24) is 20.0 Å². The van der Waals surface area contributed by atoms with Crippen LogP contribution < -0.4 is 5.32 Å². The number of hydrogen-bond acceptors (Lipinski definition) is 4. The van der Waals surface area contributed by atoms with Gasteiger partial charge >= 0.3 is 6.03 Å². The number of rotatable bonds is 5. The van der Waals surface area contributed by atoms with Gasteiger partial charge in [-0.25, -0.2) is 13.6 Å². The van der Waals surface area contributed by atoms with Gasteiger partial charge in [0.1, 0.15) is 11.6 Å².